The van der Waals surface area contributed by atoms with Gasteiger partial charge in [-0.1, -0.05) is 15.9 Å². The molecule has 0 radical (unpaired) electrons. The lowest BCUT2D eigenvalue weighted by Gasteiger charge is -2.13. The van der Waals surface area contributed by atoms with Crippen LogP contribution in [-0.2, 0) is 4.79 Å². The Bertz CT molecular complexity index is 902. The number of carbonyl (C=O) groups excluding carboxylic acids is 1. The average molecular weight is 445 g/mol. The molecule has 0 bridgehead atoms. The summed E-state index contributed by atoms with van der Waals surface area (Å²) in [5, 5.41) is 12.1. The van der Waals surface area contributed by atoms with Crippen molar-refractivity contribution in [2.75, 3.05) is 25.6 Å². The van der Waals surface area contributed by atoms with Crippen LogP contribution < -0.4 is 19.5 Å². The van der Waals surface area contributed by atoms with Gasteiger partial charge < -0.3 is 19.5 Å². The molecule has 0 aliphatic carbocycles. The minimum atomic E-state index is -0.508. The van der Waals surface area contributed by atoms with Crippen molar-refractivity contribution in [3.05, 3.63) is 52.0 Å². The minimum Gasteiger partial charge on any atom is -0.497 e. The standard InChI is InChI=1S/C21H21BrN2O4/c1-4-27-19-11-14(18(22)12-20(19)28-5-2)10-15(13-23)21(25)24-16-6-8-17(26-3)9-7-16/h6-12H,4-5H2,1-3H3,(H,24,25)/b15-10+. The molecule has 0 aliphatic rings. The summed E-state index contributed by atoms with van der Waals surface area (Å²) in [6.07, 6.45) is 1.50. The van der Waals surface area contributed by atoms with Gasteiger partial charge >= 0.3 is 0 Å². The van der Waals surface area contributed by atoms with E-state index >= 15 is 0 Å². The smallest absolute Gasteiger partial charge is 0.266 e. The number of nitriles is 1. The van der Waals surface area contributed by atoms with E-state index in [2.05, 4.69) is 21.2 Å². The molecule has 6 nitrogen and oxygen atoms in total. The van der Waals surface area contributed by atoms with Gasteiger partial charge in [-0.05, 0) is 61.9 Å². The Labute approximate surface area is 172 Å². The lowest BCUT2D eigenvalue weighted by Crippen LogP contribution is -2.13. The summed E-state index contributed by atoms with van der Waals surface area (Å²) in [5.41, 5.74) is 1.16. The van der Waals surface area contributed by atoms with Crippen molar-refractivity contribution < 1.29 is 19.0 Å². The topological polar surface area (TPSA) is 80.6 Å². The van der Waals surface area contributed by atoms with Crippen LogP contribution in [0.25, 0.3) is 6.08 Å². The number of rotatable bonds is 8. The molecule has 0 spiro atoms. The molecule has 0 saturated carbocycles. The van der Waals surface area contributed by atoms with Crippen molar-refractivity contribution in [1.82, 2.24) is 0 Å². The van der Waals surface area contributed by atoms with Crippen molar-refractivity contribution in [1.29, 1.82) is 5.26 Å². The number of hydrogen-bond acceptors (Lipinski definition) is 5. The van der Waals surface area contributed by atoms with Gasteiger partial charge in [0, 0.05) is 10.2 Å². The van der Waals surface area contributed by atoms with Gasteiger partial charge in [0.05, 0.1) is 20.3 Å². The highest BCUT2D eigenvalue weighted by molar-refractivity contribution is 9.10. The van der Waals surface area contributed by atoms with Gasteiger partial charge in [0.2, 0.25) is 0 Å². The van der Waals surface area contributed by atoms with E-state index in [9.17, 15) is 10.1 Å². The maximum atomic E-state index is 12.5. The number of anilines is 1. The number of nitrogens with zero attached hydrogens (tertiary/aromatic N) is 1. The molecule has 2 rings (SSSR count). The van der Waals surface area contributed by atoms with Crippen molar-refractivity contribution in [3.63, 3.8) is 0 Å². The summed E-state index contributed by atoms with van der Waals surface area (Å²) in [7, 11) is 1.56. The van der Waals surface area contributed by atoms with E-state index in [0.717, 1.165) is 0 Å². The first kappa shape index (κ1) is 21.3. The summed E-state index contributed by atoms with van der Waals surface area (Å²) in [5.74, 6) is 1.31. The van der Waals surface area contributed by atoms with E-state index in [1.54, 1.807) is 43.5 Å². The molecular weight excluding hydrogens is 424 g/mol. The fourth-order valence-electron chi connectivity index (χ4n) is 2.37. The number of ether oxygens (including phenoxy) is 3. The second-order valence-corrected chi connectivity index (χ2v) is 6.39. The minimum absolute atomic E-state index is 0.0388. The maximum absolute atomic E-state index is 12.5. The van der Waals surface area contributed by atoms with Crippen LogP contribution in [0.1, 0.15) is 19.4 Å². The molecular formula is C21H21BrN2O4. The third kappa shape index (κ3) is 5.51. The number of hydrogen-bond donors (Lipinski definition) is 1. The normalized spacial score (nSPS) is 10.8. The quantitative estimate of drug-likeness (QED) is 0.467. The molecule has 0 saturated heterocycles. The Kier molecular flexibility index (Phi) is 7.90. The van der Waals surface area contributed by atoms with Gasteiger partial charge in [-0.25, -0.2) is 0 Å². The van der Waals surface area contributed by atoms with Gasteiger partial charge in [0.25, 0.3) is 5.91 Å². The molecule has 2 aromatic carbocycles. The van der Waals surface area contributed by atoms with Crippen LogP contribution in [-0.4, -0.2) is 26.2 Å². The third-order valence-electron chi connectivity index (χ3n) is 3.68. The summed E-state index contributed by atoms with van der Waals surface area (Å²) in [4.78, 5) is 12.5. The Morgan fingerprint density at radius 2 is 1.75 bits per heavy atom. The molecule has 0 atom stereocenters. The Balaban J connectivity index is 2.30. The monoisotopic (exact) mass is 444 g/mol. The van der Waals surface area contributed by atoms with E-state index < -0.39 is 5.91 Å². The first-order valence-electron chi connectivity index (χ1n) is 8.68. The van der Waals surface area contributed by atoms with Gasteiger partial charge in [0.1, 0.15) is 17.4 Å². The highest BCUT2D eigenvalue weighted by Crippen LogP contribution is 2.35. The summed E-state index contributed by atoms with van der Waals surface area (Å²) < 4.78 is 17.0. The Hall–Kier alpha value is -2.98. The highest BCUT2D eigenvalue weighted by Gasteiger charge is 2.14. The van der Waals surface area contributed by atoms with Crippen molar-refractivity contribution in [3.8, 4) is 23.3 Å². The first-order chi connectivity index (χ1) is 13.5. The molecule has 28 heavy (non-hydrogen) atoms. The second-order valence-electron chi connectivity index (χ2n) is 5.54. The Morgan fingerprint density at radius 3 is 2.29 bits per heavy atom. The molecule has 146 valence electrons. The highest BCUT2D eigenvalue weighted by atomic mass is 79.9. The third-order valence-corrected chi connectivity index (χ3v) is 4.36. The zero-order valence-electron chi connectivity index (χ0n) is 15.9. The summed E-state index contributed by atoms with van der Waals surface area (Å²) in [6, 6.07) is 12.3. The van der Waals surface area contributed by atoms with E-state index in [0.29, 0.717) is 46.2 Å². The van der Waals surface area contributed by atoms with Crippen molar-refractivity contribution in [2.45, 2.75) is 13.8 Å². The molecule has 0 aliphatic heterocycles. The number of benzene rings is 2. The largest absolute Gasteiger partial charge is 0.497 e. The average Bonchev–Trinajstić information content (AvgIpc) is 2.69. The van der Waals surface area contributed by atoms with Crippen LogP contribution in [0.2, 0.25) is 0 Å². The fraction of sp³-hybridized carbons (Fsp3) is 0.238. The molecule has 0 heterocycles. The van der Waals surface area contributed by atoms with Gasteiger partial charge in [-0.15, -0.1) is 0 Å². The Morgan fingerprint density at radius 1 is 1.14 bits per heavy atom. The van der Waals surface area contributed by atoms with Crippen molar-refractivity contribution in [2.24, 2.45) is 0 Å². The van der Waals surface area contributed by atoms with Crippen LogP contribution in [0.15, 0.2) is 46.4 Å². The number of methoxy groups -OCH3 is 1. The van der Waals surface area contributed by atoms with Crippen molar-refractivity contribution >= 4 is 33.6 Å². The second kappa shape index (κ2) is 10.4. The molecule has 0 fully saturated rings. The molecule has 2 aromatic rings. The number of amides is 1. The number of nitrogens with one attached hydrogen (secondary N) is 1. The van der Waals surface area contributed by atoms with Crippen LogP contribution in [0.4, 0.5) is 5.69 Å². The molecule has 0 unspecified atom stereocenters. The lowest BCUT2D eigenvalue weighted by molar-refractivity contribution is -0.112. The van der Waals surface area contributed by atoms with Crippen LogP contribution in [0, 0.1) is 11.3 Å². The van der Waals surface area contributed by atoms with E-state index in [1.807, 2.05) is 19.9 Å². The summed E-state index contributed by atoms with van der Waals surface area (Å²) >= 11 is 3.46. The zero-order valence-corrected chi connectivity index (χ0v) is 17.5. The van der Waals surface area contributed by atoms with E-state index in [-0.39, 0.29) is 5.57 Å². The SMILES string of the molecule is CCOc1cc(Br)c(/C=C(\C#N)C(=O)Nc2ccc(OC)cc2)cc1OCC. The van der Waals surface area contributed by atoms with Crippen LogP contribution in [0.3, 0.4) is 0 Å². The molecule has 1 amide bonds. The maximum Gasteiger partial charge on any atom is 0.266 e. The van der Waals surface area contributed by atoms with E-state index in [1.165, 1.54) is 6.08 Å². The number of carbonyl (C=O) groups is 1. The van der Waals surface area contributed by atoms with Crippen LogP contribution >= 0.6 is 15.9 Å². The van der Waals surface area contributed by atoms with Gasteiger partial charge in [0.15, 0.2) is 11.5 Å². The molecule has 7 heteroatoms. The predicted molar refractivity (Wildman–Crippen MR) is 112 cm³/mol. The summed E-state index contributed by atoms with van der Waals surface area (Å²) in [6.45, 7) is 4.72. The molecule has 0 aromatic heterocycles. The molecule has 1 N–H and O–H groups in total. The number of halogens is 1. The predicted octanol–water partition coefficient (Wildman–Crippen LogP) is 4.80. The first-order valence-corrected chi connectivity index (χ1v) is 9.48. The van der Waals surface area contributed by atoms with Crippen LogP contribution in [0.5, 0.6) is 17.2 Å². The van der Waals surface area contributed by atoms with E-state index in [4.69, 9.17) is 14.2 Å². The van der Waals surface area contributed by atoms with Gasteiger partial charge in [-0.2, -0.15) is 5.26 Å². The zero-order chi connectivity index (χ0) is 20.5. The van der Waals surface area contributed by atoms with Gasteiger partial charge in [-0.3, -0.25) is 4.79 Å². The lowest BCUT2D eigenvalue weighted by atomic mass is 10.1. The fourth-order valence-corrected chi connectivity index (χ4v) is 2.81.